The fraction of sp³-hybridized carbons (Fsp3) is 0.320. The van der Waals surface area contributed by atoms with Gasteiger partial charge in [0.15, 0.2) is 11.6 Å². The molecule has 160 valence electrons. The third-order valence-electron chi connectivity index (χ3n) is 6.52. The van der Waals surface area contributed by atoms with Crippen molar-refractivity contribution < 1.29 is 23.4 Å². The van der Waals surface area contributed by atoms with Gasteiger partial charge in [0, 0.05) is 43.3 Å². The predicted octanol–water partition coefficient (Wildman–Crippen LogP) is 4.54. The van der Waals surface area contributed by atoms with Crippen molar-refractivity contribution in [2.75, 3.05) is 13.1 Å². The molecule has 0 aromatic heterocycles. The number of amides is 1. The number of likely N-dealkylation sites (tertiary alicyclic amines) is 1. The Bertz CT molecular complexity index is 1150. The van der Waals surface area contributed by atoms with Crippen LogP contribution in [0.5, 0.6) is 5.75 Å². The van der Waals surface area contributed by atoms with Crippen molar-refractivity contribution in [3.8, 4) is 5.75 Å². The molecule has 4 nitrogen and oxygen atoms in total. The Morgan fingerprint density at radius 2 is 1.84 bits per heavy atom. The average Bonchev–Trinajstić information content (AvgIpc) is 2.76. The van der Waals surface area contributed by atoms with Gasteiger partial charge in [0.05, 0.1) is 12.5 Å². The van der Waals surface area contributed by atoms with E-state index in [1.54, 1.807) is 4.90 Å². The maximum absolute atomic E-state index is 13.4. The van der Waals surface area contributed by atoms with Crippen molar-refractivity contribution in [3.05, 3.63) is 77.4 Å². The first-order valence-corrected chi connectivity index (χ1v) is 10.5. The van der Waals surface area contributed by atoms with Gasteiger partial charge in [0.25, 0.3) is 0 Å². The molecule has 1 atom stereocenters. The van der Waals surface area contributed by atoms with Crippen LogP contribution >= 0.6 is 0 Å². The molecule has 2 aliphatic heterocycles. The lowest BCUT2D eigenvalue weighted by molar-refractivity contribution is -0.135. The van der Waals surface area contributed by atoms with Gasteiger partial charge in [0.2, 0.25) is 5.91 Å². The number of hydrogen-bond acceptors (Lipinski definition) is 3. The fourth-order valence-electron chi connectivity index (χ4n) is 4.76. The Hall–Kier alpha value is -2.99. The van der Waals surface area contributed by atoms with Crippen LogP contribution in [0.15, 0.2) is 54.6 Å². The zero-order valence-electron chi connectivity index (χ0n) is 17.0. The van der Waals surface area contributed by atoms with Crippen LogP contribution in [0.4, 0.5) is 8.78 Å². The largest absolute Gasteiger partial charge is 0.486 e. The Labute approximate surface area is 179 Å². The molecule has 2 aliphatic rings. The van der Waals surface area contributed by atoms with Gasteiger partial charge < -0.3 is 14.7 Å². The molecule has 6 heteroatoms. The lowest BCUT2D eigenvalue weighted by atomic mass is 9.81. The number of aliphatic hydroxyl groups is 1. The second-order valence-corrected chi connectivity index (χ2v) is 8.52. The molecular formula is C25H23F2NO3. The van der Waals surface area contributed by atoms with Crippen LogP contribution in [-0.2, 0) is 11.2 Å². The first-order chi connectivity index (χ1) is 14.9. The van der Waals surface area contributed by atoms with E-state index in [-0.39, 0.29) is 12.3 Å². The maximum Gasteiger partial charge on any atom is 0.226 e. The number of fused-ring (bicyclic) bond motifs is 3. The van der Waals surface area contributed by atoms with Crippen molar-refractivity contribution >= 4 is 16.7 Å². The fourth-order valence-corrected chi connectivity index (χ4v) is 4.76. The lowest BCUT2D eigenvalue weighted by Gasteiger charge is -2.46. The molecule has 0 radical (unpaired) electrons. The van der Waals surface area contributed by atoms with Crippen molar-refractivity contribution in [2.24, 2.45) is 0 Å². The first kappa shape index (κ1) is 19.9. The number of hydrogen-bond donors (Lipinski definition) is 1. The number of halogens is 2. The number of carbonyl (C=O) groups is 1. The maximum atomic E-state index is 13.4. The van der Waals surface area contributed by atoms with Crippen LogP contribution in [0.1, 0.15) is 36.5 Å². The van der Waals surface area contributed by atoms with Crippen LogP contribution in [0.2, 0.25) is 0 Å². The average molecular weight is 423 g/mol. The smallest absolute Gasteiger partial charge is 0.226 e. The van der Waals surface area contributed by atoms with E-state index in [1.165, 1.54) is 6.07 Å². The molecule has 1 saturated heterocycles. The van der Waals surface area contributed by atoms with Gasteiger partial charge in [-0.15, -0.1) is 0 Å². The van der Waals surface area contributed by atoms with E-state index in [0.717, 1.165) is 34.2 Å². The van der Waals surface area contributed by atoms with E-state index in [4.69, 9.17) is 4.74 Å². The molecular weight excluding hydrogens is 400 g/mol. The molecule has 3 aromatic carbocycles. The summed E-state index contributed by atoms with van der Waals surface area (Å²) >= 11 is 0. The molecule has 1 N–H and O–H groups in total. The summed E-state index contributed by atoms with van der Waals surface area (Å²) in [6, 6.07) is 15.4. The number of carbonyl (C=O) groups excluding carboxylic acids is 1. The second kappa shape index (κ2) is 7.61. The highest BCUT2D eigenvalue weighted by Gasteiger charge is 2.44. The van der Waals surface area contributed by atoms with E-state index in [9.17, 15) is 18.7 Å². The normalized spacial score (nSPS) is 19.8. The molecule has 1 fully saturated rings. The van der Waals surface area contributed by atoms with Crippen LogP contribution < -0.4 is 4.74 Å². The molecule has 3 aromatic rings. The van der Waals surface area contributed by atoms with Gasteiger partial charge in [-0.3, -0.25) is 4.79 Å². The highest BCUT2D eigenvalue weighted by Crippen LogP contribution is 2.47. The van der Waals surface area contributed by atoms with Crippen molar-refractivity contribution in [1.82, 2.24) is 4.90 Å². The molecule has 1 amide bonds. The van der Waals surface area contributed by atoms with Gasteiger partial charge in [0.1, 0.15) is 11.4 Å². The van der Waals surface area contributed by atoms with Crippen molar-refractivity contribution in [3.63, 3.8) is 0 Å². The number of piperidine rings is 1. The monoisotopic (exact) mass is 423 g/mol. The molecule has 0 bridgehead atoms. The Morgan fingerprint density at radius 1 is 1.06 bits per heavy atom. The van der Waals surface area contributed by atoms with Crippen LogP contribution in [0.25, 0.3) is 10.8 Å². The van der Waals surface area contributed by atoms with E-state index < -0.39 is 23.3 Å². The third-order valence-corrected chi connectivity index (χ3v) is 6.52. The standard InChI is InChI=1S/C25H23F2NO3/c26-20-8-5-16(13-21(20)27)14-23(30)28-11-9-25(10-12-28)15-22(29)19-7-6-17-3-1-2-4-18(17)24(19)31-25/h1-8,13,22,29H,9-12,14-15H2. The second-order valence-electron chi connectivity index (χ2n) is 8.52. The highest BCUT2D eigenvalue weighted by molar-refractivity contribution is 5.90. The Morgan fingerprint density at radius 3 is 2.61 bits per heavy atom. The van der Waals surface area contributed by atoms with Gasteiger partial charge in [-0.05, 0) is 23.1 Å². The molecule has 5 rings (SSSR count). The van der Waals surface area contributed by atoms with E-state index >= 15 is 0 Å². The van der Waals surface area contributed by atoms with Gasteiger partial charge >= 0.3 is 0 Å². The van der Waals surface area contributed by atoms with Crippen LogP contribution in [0.3, 0.4) is 0 Å². The van der Waals surface area contributed by atoms with Crippen molar-refractivity contribution in [1.29, 1.82) is 0 Å². The number of benzene rings is 3. The van der Waals surface area contributed by atoms with E-state index in [1.807, 2.05) is 36.4 Å². The molecule has 31 heavy (non-hydrogen) atoms. The Kier molecular flexibility index (Phi) is 4.89. The summed E-state index contributed by atoms with van der Waals surface area (Å²) in [5.41, 5.74) is 0.741. The SMILES string of the molecule is O=C(Cc1ccc(F)c(F)c1)N1CCC2(CC1)CC(O)c1ccc3ccccc3c1O2. The van der Waals surface area contributed by atoms with E-state index in [2.05, 4.69) is 0 Å². The predicted molar refractivity (Wildman–Crippen MR) is 113 cm³/mol. The number of aliphatic hydroxyl groups excluding tert-OH is 1. The summed E-state index contributed by atoms with van der Waals surface area (Å²) in [5.74, 6) is -1.25. The summed E-state index contributed by atoms with van der Waals surface area (Å²) < 4.78 is 33.1. The summed E-state index contributed by atoms with van der Waals surface area (Å²) in [7, 11) is 0. The zero-order valence-corrected chi connectivity index (χ0v) is 17.0. The third kappa shape index (κ3) is 3.65. The molecule has 1 unspecified atom stereocenters. The zero-order chi connectivity index (χ0) is 21.6. The minimum atomic E-state index is -0.946. The molecule has 0 saturated carbocycles. The summed E-state index contributed by atoms with van der Waals surface area (Å²) in [5, 5.41) is 12.9. The summed E-state index contributed by atoms with van der Waals surface area (Å²) in [4.78, 5) is 14.4. The van der Waals surface area contributed by atoms with Crippen LogP contribution in [-0.4, -0.2) is 34.6 Å². The minimum absolute atomic E-state index is 0.0289. The number of nitrogens with zero attached hydrogens (tertiary/aromatic N) is 1. The highest BCUT2D eigenvalue weighted by atomic mass is 19.2. The minimum Gasteiger partial charge on any atom is -0.486 e. The van der Waals surface area contributed by atoms with Crippen molar-refractivity contribution in [2.45, 2.75) is 37.4 Å². The molecule has 2 heterocycles. The quantitative estimate of drug-likeness (QED) is 0.659. The molecule has 1 spiro atoms. The summed E-state index contributed by atoms with van der Waals surface area (Å²) in [6.07, 6.45) is 1.12. The van der Waals surface area contributed by atoms with Gasteiger partial charge in [-0.25, -0.2) is 8.78 Å². The number of ether oxygens (including phenoxy) is 1. The first-order valence-electron chi connectivity index (χ1n) is 10.5. The molecule has 0 aliphatic carbocycles. The van der Waals surface area contributed by atoms with Gasteiger partial charge in [-0.1, -0.05) is 42.5 Å². The topological polar surface area (TPSA) is 49.8 Å². The Balaban J connectivity index is 1.31. The summed E-state index contributed by atoms with van der Waals surface area (Å²) in [6.45, 7) is 0.991. The van der Waals surface area contributed by atoms with E-state index in [0.29, 0.717) is 37.9 Å². The number of rotatable bonds is 2. The lowest BCUT2D eigenvalue weighted by Crippen LogP contribution is -2.52. The van der Waals surface area contributed by atoms with Gasteiger partial charge in [-0.2, -0.15) is 0 Å². The van der Waals surface area contributed by atoms with Crippen LogP contribution in [0, 0.1) is 11.6 Å².